The molecule has 8 nitrogen and oxygen atoms in total. The molecule has 2 N–H and O–H groups in total. The number of hydrogen-bond acceptors (Lipinski definition) is 6. The Hall–Kier alpha value is -3.78. The Balaban J connectivity index is 1.51. The zero-order chi connectivity index (χ0) is 22.1. The van der Waals surface area contributed by atoms with Gasteiger partial charge in [0.25, 0.3) is 5.91 Å². The largest absolute Gasteiger partial charge is 0.368 e. The van der Waals surface area contributed by atoms with Crippen molar-refractivity contribution in [2.75, 3.05) is 12.3 Å². The molecule has 0 aliphatic carbocycles. The quantitative estimate of drug-likeness (QED) is 0.510. The molecule has 1 aliphatic rings. The molecule has 0 radical (unpaired) electrons. The number of likely N-dealkylation sites (tertiary alicyclic amines) is 1. The number of nitrogens with zero attached hydrogens (tertiary/aromatic N) is 6. The molecule has 5 rings (SSSR count). The van der Waals surface area contributed by atoms with Crippen LogP contribution in [0.15, 0.2) is 67.4 Å². The van der Waals surface area contributed by atoms with Gasteiger partial charge in [-0.1, -0.05) is 29.8 Å². The molecular formula is C23H20ClN7O. The van der Waals surface area contributed by atoms with Gasteiger partial charge >= 0.3 is 0 Å². The van der Waals surface area contributed by atoms with Gasteiger partial charge in [0.15, 0.2) is 0 Å². The monoisotopic (exact) mass is 445 g/mol. The van der Waals surface area contributed by atoms with Gasteiger partial charge < -0.3 is 10.6 Å². The van der Waals surface area contributed by atoms with Crippen molar-refractivity contribution in [3.05, 3.63) is 83.7 Å². The van der Waals surface area contributed by atoms with Crippen molar-refractivity contribution in [2.45, 2.75) is 18.9 Å². The first-order valence-electron chi connectivity index (χ1n) is 10.2. The molecule has 0 unspecified atom stereocenters. The number of carbonyl (C=O) groups excluding carboxylic acids is 1. The first-order chi connectivity index (χ1) is 15.6. The van der Waals surface area contributed by atoms with Crippen LogP contribution in [-0.4, -0.2) is 42.1 Å². The number of halogens is 1. The van der Waals surface area contributed by atoms with E-state index in [1.165, 1.54) is 0 Å². The van der Waals surface area contributed by atoms with Crippen LogP contribution in [0.4, 0.5) is 5.95 Å². The van der Waals surface area contributed by atoms with E-state index in [1.807, 2.05) is 53.4 Å². The third-order valence-electron chi connectivity index (χ3n) is 5.63. The fourth-order valence-electron chi connectivity index (χ4n) is 4.11. The summed E-state index contributed by atoms with van der Waals surface area (Å²) in [7, 11) is 0. The minimum absolute atomic E-state index is 0.0540. The van der Waals surface area contributed by atoms with Crippen molar-refractivity contribution in [2.24, 2.45) is 0 Å². The van der Waals surface area contributed by atoms with E-state index in [0.29, 0.717) is 17.1 Å². The fraction of sp³-hybridized carbons (Fsp3) is 0.174. The topological polar surface area (TPSA) is 103 Å². The van der Waals surface area contributed by atoms with E-state index >= 15 is 0 Å². The molecule has 3 heterocycles. The van der Waals surface area contributed by atoms with Gasteiger partial charge in [0.1, 0.15) is 12.7 Å². The van der Waals surface area contributed by atoms with E-state index in [4.69, 9.17) is 17.3 Å². The van der Waals surface area contributed by atoms with Gasteiger partial charge in [0, 0.05) is 34.6 Å². The van der Waals surface area contributed by atoms with Crippen LogP contribution in [-0.2, 0) is 0 Å². The number of carbonyl (C=O) groups is 1. The summed E-state index contributed by atoms with van der Waals surface area (Å²) in [4.78, 5) is 24.1. The number of hydrogen-bond donors (Lipinski definition) is 1. The number of nitrogens with two attached hydrogens (primary N) is 1. The zero-order valence-corrected chi connectivity index (χ0v) is 17.9. The maximum Gasteiger partial charge on any atom is 0.254 e. The number of amides is 1. The van der Waals surface area contributed by atoms with Gasteiger partial charge in [0.2, 0.25) is 5.95 Å². The molecule has 1 atom stereocenters. The molecular weight excluding hydrogens is 426 g/mol. The Morgan fingerprint density at radius 3 is 2.66 bits per heavy atom. The van der Waals surface area contributed by atoms with Crippen molar-refractivity contribution in [1.29, 1.82) is 0 Å². The first-order valence-corrected chi connectivity index (χ1v) is 10.6. The Labute approximate surface area is 189 Å². The summed E-state index contributed by atoms with van der Waals surface area (Å²) in [6.07, 6.45) is 6.60. The van der Waals surface area contributed by atoms with Crippen LogP contribution in [0.25, 0.3) is 16.8 Å². The van der Waals surface area contributed by atoms with Gasteiger partial charge in [-0.15, -0.1) is 10.2 Å². The van der Waals surface area contributed by atoms with Crippen molar-refractivity contribution < 1.29 is 4.79 Å². The summed E-state index contributed by atoms with van der Waals surface area (Å²) in [5.41, 5.74) is 9.89. The molecule has 1 saturated heterocycles. The Morgan fingerprint density at radius 1 is 1.09 bits per heavy atom. The maximum atomic E-state index is 13.5. The predicted octanol–water partition coefficient (Wildman–Crippen LogP) is 3.94. The highest BCUT2D eigenvalue weighted by atomic mass is 35.5. The molecule has 1 amide bonds. The number of rotatable bonds is 4. The van der Waals surface area contributed by atoms with Crippen LogP contribution in [0.5, 0.6) is 0 Å². The highest BCUT2D eigenvalue weighted by molar-refractivity contribution is 6.30. The van der Waals surface area contributed by atoms with Crippen LogP contribution in [0, 0.1) is 0 Å². The van der Waals surface area contributed by atoms with E-state index in [-0.39, 0.29) is 17.9 Å². The SMILES string of the molecule is Nc1ncc(-c2ccc(Cl)cc2)c([C@H]2CCCN2C(=O)c2cccc(-n3cnnc3)c2)n1. The normalized spacial score (nSPS) is 15.8. The number of aromatic nitrogens is 5. The third kappa shape index (κ3) is 3.80. The number of nitrogen functional groups attached to an aromatic ring is 1. The molecule has 4 aromatic rings. The lowest BCUT2D eigenvalue weighted by molar-refractivity contribution is 0.0733. The minimum Gasteiger partial charge on any atom is -0.368 e. The lowest BCUT2D eigenvalue weighted by atomic mass is 9.99. The van der Waals surface area contributed by atoms with Crippen molar-refractivity contribution >= 4 is 23.5 Å². The van der Waals surface area contributed by atoms with E-state index in [1.54, 1.807) is 23.4 Å². The second-order valence-electron chi connectivity index (χ2n) is 7.61. The Kier molecular flexibility index (Phi) is 5.28. The van der Waals surface area contributed by atoms with Crippen molar-refractivity contribution in [3.63, 3.8) is 0 Å². The van der Waals surface area contributed by atoms with Gasteiger partial charge in [-0.2, -0.15) is 0 Å². The highest BCUT2D eigenvalue weighted by Crippen LogP contribution is 2.37. The molecule has 0 bridgehead atoms. The van der Waals surface area contributed by atoms with E-state index in [2.05, 4.69) is 20.2 Å². The fourth-order valence-corrected chi connectivity index (χ4v) is 4.23. The smallest absolute Gasteiger partial charge is 0.254 e. The minimum atomic E-state index is -0.197. The second-order valence-corrected chi connectivity index (χ2v) is 8.05. The summed E-state index contributed by atoms with van der Waals surface area (Å²) in [6, 6.07) is 14.7. The Morgan fingerprint density at radius 2 is 1.88 bits per heavy atom. The van der Waals surface area contributed by atoms with Gasteiger partial charge in [-0.25, -0.2) is 9.97 Å². The number of anilines is 1. The average molecular weight is 446 g/mol. The number of benzene rings is 2. The maximum absolute atomic E-state index is 13.5. The summed E-state index contributed by atoms with van der Waals surface area (Å²) >= 11 is 6.06. The molecule has 32 heavy (non-hydrogen) atoms. The van der Waals surface area contributed by atoms with Crippen LogP contribution >= 0.6 is 11.6 Å². The van der Waals surface area contributed by atoms with Crippen molar-refractivity contribution in [3.8, 4) is 16.8 Å². The zero-order valence-electron chi connectivity index (χ0n) is 17.1. The van der Waals surface area contributed by atoms with Gasteiger partial charge in [-0.05, 0) is 48.7 Å². The molecule has 0 saturated carbocycles. The summed E-state index contributed by atoms with van der Waals surface area (Å²) in [6.45, 7) is 0.643. The van der Waals surface area contributed by atoms with E-state index in [9.17, 15) is 4.79 Å². The summed E-state index contributed by atoms with van der Waals surface area (Å²) in [5.74, 6) is 0.133. The van der Waals surface area contributed by atoms with Crippen LogP contribution in [0.1, 0.15) is 34.9 Å². The molecule has 9 heteroatoms. The van der Waals surface area contributed by atoms with Gasteiger partial charge in [0.05, 0.1) is 11.7 Å². The van der Waals surface area contributed by atoms with Crippen LogP contribution in [0.3, 0.4) is 0 Å². The lowest BCUT2D eigenvalue weighted by Crippen LogP contribution is -2.31. The van der Waals surface area contributed by atoms with E-state index in [0.717, 1.165) is 35.3 Å². The average Bonchev–Trinajstić information content (AvgIpc) is 3.52. The highest BCUT2D eigenvalue weighted by Gasteiger charge is 2.33. The van der Waals surface area contributed by atoms with Crippen LogP contribution < -0.4 is 5.73 Å². The molecule has 1 aliphatic heterocycles. The first kappa shape index (κ1) is 20.1. The molecule has 160 valence electrons. The lowest BCUT2D eigenvalue weighted by Gasteiger charge is -2.26. The molecule has 2 aromatic carbocycles. The summed E-state index contributed by atoms with van der Waals surface area (Å²) in [5, 5.41) is 8.33. The van der Waals surface area contributed by atoms with E-state index < -0.39 is 0 Å². The second kappa shape index (κ2) is 8.39. The summed E-state index contributed by atoms with van der Waals surface area (Å²) < 4.78 is 1.77. The molecule has 2 aromatic heterocycles. The van der Waals surface area contributed by atoms with Crippen LogP contribution in [0.2, 0.25) is 5.02 Å². The third-order valence-corrected chi connectivity index (χ3v) is 5.88. The molecule has 1 fully saturated rings. The standard InChI is InChI=1S/C23H20ClN7O/c24-17-8-6-15(7-9-17)19-12-26-23(25)29-21(19)20-5-2-10-31(20)22(32)16-3-1-4-18(11-16)30-13-27-28-14-30/h1,3-4,6-9,11-14,20H,2,5,10H2,(H2,25,26,29)/t20-/m1/s1. The predicted molar refractivity (Wildman–Crippen MR) is 121 cm³/mol. The van der Waals surface area contributed by atoms with Gasteiger partial charge in [-0.3, -0.25) is 9.36 Å². The Bertz CT molecular complexity index is 1260. The molecule has 0 spiro atoms. The van der Waals surface area contributed by atoms with Crippen molar-refractivity contribution in [1.82, 2.24) is 29.6 Å².